The molecule has 0 radical (unpaired) electrons. The number of rotatable bonds is 4. The SMILES string of the molecule is CC(C)(C)C(N)CCc1cc(Cl)ccc1[N+](=O)[O-]. The molecule has 1 unspecified atom stereocenters. The summed E-state index contributed by atoms with van der Waals surface area (Å²) in [6, 6.07) is 4.62. The molecule has 1 atom stereocenters. The summed E-state index contributed by atoms with van der Waals surface area (Å²) in [5.74, 6) is 0. The largest absolute Gasteiger partial charge is 0.327 e. The van der Waals surface area contributed by atoms with Gasteiger partial charge in [0.25, 0.3) is 5.69 Å². The highest BCUT2D eigenvalue weighted by molar-refractivity contribution is 6.30. The first kappa shape index (κ1) is 14.9. The molecule has 0 aromatic heterocycles. The molecule has 1 rings (SSSR count). The molecule has 100 valence electrons. The van der Waals surface area contributed by atoms with Crippen LogP contribution >= 0.6 is 11.6 Å². The monoisotopic (exact) mass is 270 g/mol. The van der Waals surface area contributed by atoms with Gasteiger partial charge in [-0.15, -0.1) is 0 Å². The normalized spacial score (nSPS) is 13.4. The Bertz CT molecular complexity index is 441. The Morgan fingerprint density at radius 2 is 2.06 bits per heavy atom. The van der Waals surface area contributed by atoms with Crippen LogP contribution in [-0.4, -0.2) is 11.0 Å². The maximum Gasteiger partial charge on any atom is 0.272 e. The molecule has 5 heteroatoms. The molecule has 0 bridgehead atoms. The third-order valence-corrected chi connectivity index (χ3v) is 3.31. The van der Waals surface area contributed by atoms with Crippen LogP contribution in [0.3, 0.4) is 0 Å². The van der Waals surface area contributed by atoms with E-state index in [1.54, 1.807) is 6.07 Å². The molecule has 4 nitrogen and oxygen atoms in total. The smallest absolute Gasteiger partial charge is 0.272 e. The van der Waals surface area contributed by atoms with E-state index < -0.39 is 0 Å². The van der Waals surface area contributed by atoms with Crippen molar-refractivity contribution in [1.29, 1.82) is 0 Å². The highest BCUT2D eigenvalue weighted by atomic mass is 35.5. The highest BCUT2D eigenvalue weighted by Gasteiger charge is 2.22. The van der Waals surface area contributed by atoms with Crippen molar-refractivity contribution in [3.8, 4) is 0 Å². The van der Waals surface area contributed by atoms with E-state index in [4.69, 9.17) is 17.3 Å². The predicted molar refractivity (Wildman–Crippen MR) is 73.9 cm³/mol. The molecule has 0 saturated heterocycles. The van der Waals surface area contributed by atoms with Crippen molar-refractivity contribution in [2.24, 2.45) is 11.1 Å². The molecular weight excluding hydrogens is 252 g/mol. The lowest BCUT2D eigenvalue weighted by atomic mass is 9.84. The maximum atomic E-state index is 10.9. The quantitative estimate of drug-likeness (QED) is 0.672. The van der Waals surface area contributed by atoms with E-state index in [9.17, 15) is 10.1 Å². The Balaban J connectivity index is 2.84. The van der Waals surface area contributed by atoms with E-state index >= 15 is 0 Å². The first-order valence-electron chi connectivity index (χ1n) is 5.90. The fourth-order valence-corrected chi connectivity index (χ4v) is 1.87. The van der Waals surface area contributed by atoms with Crippen molar-refractivity contribution in [3.05, 3.63) is 38.9 Å². The number of nitrogens with zero attached hydrogens (tertiary/aromatic N) is 1. The minimum atomic E-state index is -0.381. The van der Waals surface area contributed by atoms with E-state index in [0.717, 1.165) is 0 Å². The van der Waals surface area contributed by atoms with Gasteiger partial charge in [-0.2, -0.15) is 0 Å². The van der Waals surface area contributed by atoms with Crippen molar-refractivity contribution in [1.82, 2.24) is 0 Å². The fourth-order valence-electron chi connectivity index (χ4n) is 1.68. The van der Waals surface area contributed by atoms with Gasteiger partial charge in [0.2, 0.25) is 0 Å². The summed E-state index contributed by atoms with van der Waals surface area (Å²) in [7, 11) is 0. The summed E-state index contributed by atoms with van der Waals surface area (Å²) < 4.78 is 0. The van der Waals surface area contributed by atoms with Crippen molar-refractivity contribution < 1.29 is 4.92 Å². The summed E-state index contributed by atoms with van der Waals surface area (Å²) in [4.78, 5) is 10.5. The van der Waals surface area contributed by atoms with Gasteiger partial charge in [0.15, 0.2) is 0 Å². The zero-order valence-electron chi connectivity index (χ0n) is 10.9. The van der Waals surface area contributed by atoms with Crippen LogP contribution in [0.15, 0.2) is 18.2 Å². The standard InChI is InChI=1S/C13H19ClN2O2/c1-13(2,3)12(15)7-4-9-8-10(14)5-6-11(9)16(17)18/h5-6,8,12H,4,7,15H2,1-3H3. The van der Waals surface area contributed by atoms with Crippen LogP contribution in [0, 0.1) is 15.5 Å². The molecule has 1 aromatic rings. The molecule has 18 heavy (non-hydrogen) atoms. The molecule has 0 aliphatic heterocycles. The second-order valence-corrected chi connectivity index (χ2v) is 5.98. The van der Waals surface area contributed by atoms with Gasteiger partial charge in [-0.1, -0.05) is 32.4 Å². The molecular formula is C13H19ClN2O2. The Kier molecular flexibility index (Phi) is 4.71. The molecule has 0 aliphatic rings. The third kappa shape index (κ3) is 3.96. The summed E-state index contributed by atoms with van der Waals surface area (Å²) in [6.07, 6.45) is 1.26. The summed E-state index contributed by atoms with van der Waals surface area (Å²) in [6.45, 7) is 6.18. The lowest BCUT2D eigenvalue weighted by molar-refractivity contribution is -0.385. The number of benzene rings is 1. The Labute approximate surface area is 112 Å². The number of nitro groups is 1. The molecule has 0 saturated carbocycles. The van der Waals surface area contributed by atoms with Crippen LogP contribution in [0.4, 0.5) is 5.69 Å². The van der Waals surface area contributed by atoms with Gasteiger partial charge in [-0.05, 0) is 30.4 Å². The number of hydrogen-bond acceptors (Lipinski definition) is 3. The van der Waals surface area contributed by atoms with Crippen LogP contribution in [0.2, 0.25) is 5.02 Å². The first-order valence-corrected chi connectivity index (χ1v) is 6.28. The van der Waals surface area contributed by atoms with Crippen molar-refractivity contribution in [2.75, 3.05) is 0 Å². The van der Waals surface area contributed by atoms with Crippen LogP contribution in [0.5, 0.6) is 0 Å². The number of halogens is 1. The van der Waals surface area contributed by atoms with Crippen LogP contribution in [0.1, 0.15) is 32.8 Å². The molecule has 2 N–H and O–H groups in total. The number of hydrogen-bond donors (Lipinski definition) is 1. The topological polar surface area (TPSA) is 69.2 Å². The molecule has 0 amide bonds. The van der Waals surface area contributed by atoms with Crippen LogP contribution in [0.25, 0.3) is 0 Å². The summed E-state index contributed by atoms with van der Waals surface area (Å²) >= 11 is 5.87. The molecule has 0 aliphatic carbocycles. The first-order chi connectivity index (χ1) is 8.21. The number of nitro benzene ring substituents is 1. The Morgan fingerprint density at radius 3 is 2.56 bits per heavy atom. The summed E-state index contributed by atoms with van der Waals surface area (Å²) in [5.41, 5.74) is 6.81. The van der Waals surface area contributed by atoms with E-state index in [-0.39, 0.29) is 22.1 Å². The van der Waals surface area contributed by atoms with Crippen LogP contribution in [-0.2, 0) is 6.42 Å². The van der Waals surface area contributed by atoms with Gasteiger partial charge < -0.3 is 5.73 Å². The van der Waals surface area contributed by atoms with Crippen molar-refractivity contribution in [2.45, 2.75) is 39.7 Å². The number of aryl methyl sites for hydroxylation is 1. The second-order valence-electron chi connectivity index (χ2n) is 5.54. The van der Waals surface area contributed by atoms with E-state index in [1.807, 2.05) is 0 Å². The van der Waals surface area contributed by atoms with Gasteiger partial charge in [-0.25, -0.2) is 0 Å². The minimum absolute atomic E-state index is 0.00362. The van der Waals surface area contributed by atoms with E-state index in [0.29, 0.717) is 23.4 Å². The lowest BCUT2D eigenvalue weighted by Gasteiger charge is -2.26. The van der Waals surface area contributed by atoms with Gasteiger partial charge in [0.05, 0.1) is 4.92 Å². The Morgan fingerprint density at radius 1 is 1.44 bits per heavy atom. The zero-order chi connectivity index (χ0) is 13.9. The zero-order valence-corrected chi connectivity index (χ0v) is 11.7. The summed E-state index contributed by atoms with van der Waals surface area (Å²) in [5, 5.41) is 11.4. The average molecular weight is 271 g/mol. The van der Waals surface area contributed by atoms with Crippen molar-refractivity contribution in [3.63, 3.8) is 0 Å². The van der Waals surface area contributed by atoms with Gasteiger partial charge >= 0.3 is 0 Å². The Hall–Kier alpha value is -1.13. The van der Waals surface area contributed by atoms with Gasteiger partial charge in [0, 0.05) is 22.7 Å². The lowest BCUT2D eigenvalue weighted by Crippen LogP contribution is -2.35. The maximum absolute atomic E-state index is 10.9. The predicted octanol–water partition coefficient (Wildman–Crippen LogP) is 3.55. The third-order valence-electron chi connectivity index (χ3n) is 3.08. The van der Waals surface area contributed by atoms with E-state index in [1.165, 1.54) is 12.1 Å². The molecule has 1 aromatic carbocycles. The highest BCUT2D eigenvalue weighted by Crippen LogP contribution is 2.26. The number of nitrogens with two attached hydrogens (primary N) is 1. The molecule has 0 fully saturated rings. The van der Waals surface area contributed by atoms with Gasteiger partial charge in [-0.3, -0.25) is 10.1 Å². The average Bonchev–Trinajstić information content (AvgIpc) is 2.24. The van der Waals surface area contributed by atoms with Gasteiger partial charge in [0.1, 0.15) is 0 Å². The molecule has 0 spiro atoms. The van der Waals surface area contributed by atoms with E-state index in [2.05, 4.69) is 20.8 Å². The second kappa shape index (κ2) is 5.67. The van der Waals surface area contributed by atoms with Crippen molar-refractivity contribution >= 4 is 17.3 Å². The minimum Gasteiger partial charge on any atom is -0.327 e. The molecule has 0 heterocycles. The fraction of sp³-hybridized carbons (Fsp3) is 0.538. The van der Waals surface area contributed by atoms with Crippen LogP contribution < -0.4 is 5.73 Å².